The van der Waals surface area contributed by atoms with Gasteiger partial charge in [0.1, 0.15) is 5.82 Å². The van der Waals surface area contributed by atoms with Crippen LogP contribution in [-0.2, 0) is 6.42 Å². The maximum absolute atomic E-state index is 5.97. The first kappa shape index (κ1) is 15.6. The van der Waals surface area contributed by atoms with Gasteiger partial charge in [-0.15, -0.1) is 0 Å². The van der Waals surface area contributed by atoms with E-state index in [0.717, 1.165) is 41.3 Å². The number of hydrogen-bond acceptors (Lipinski definition) is 4. The van der Waals surface area contributed by atoms with Crippen LogP contribution in [0.4, 0.5) is 5.82 Å². The normalized spacial score (nSPS) is 10.9. The minimum Gasteiger partial charge on any atom is -0.370 e. The summed E-state index contributed by atoms with van der Waals surface area (Å²) in [4.78, 5) is 8.82. The Morgan fingerprint density at radius 1 is 0.960 bits per heavy atom. The standard InChI is InChI=1S/C19H16ClN5/c20-15-6-4-14(5-7-15)17-13-24-25-18(9-12-23-19(17)25)22-11-8-16-3-1-2-10-21-16/h1-7,9-10,12-13,22H,8,11H2. The number of halogens is 1. The summed E-state index contributed by atoms with van der Waals surface area (Å²) < 4.78 is 1.82. The molecule has 3 aromatic heterocycles. The summed E-state index contributed by atoms with van der Waals surface area (Å²) in [6.07, 6.45) is 6.27. The quantitative estimate of drug-likeness (QED) is 0.589. The molecule has 0 spiro atoms. The Bertz CT molecular complexity index is 980. The molecule has 6 heteroatoms. The van der Waals surface area contributed by atoms with Gasteiger partial charge in [-0.05, 0) is 35.9 Å². The molecule has 25 heavy (non-hydrogen) atoms. The van der Waals surface area contributed by atoms with E-state index < -0.39 is 0 Å². The van der Waals surface area contributed by atoms with Crippen molar-refractivity contribution in [1.29, 1.82) is 0 Å². The molecule has 0 aliphatic carbocycles. The van der Waals surface area contributed by atoms with Gasteiger partial charge in [-0.3, -0.25) is 4.98 Å². The number of aromatic nitrogens is 4. The molecule has 0 saturated carbocycles. The number of benzene rings is 1. The highest BCUT2D eigenvalue weighted by atomic mass is 35.5. The minimum absolute atomic E-state index is 0.713. The van der Waals surface area contributed by atoms with E-state index in [4.69, 9.17) is 11.6 Å². The van der Waals surface area contributed by atoms with Crippen LogP contribution in [0.5, 0.6) is 0 Å². The van der Waals surface area contributed by atoms with E-state index >= 15 is 0 Å². The highest BCUT2D eigenvalue weighted by Crippen LogP contribution is 2.26. The summed E-state index contributed by atoms with van der Waals surface area (Å²) in [7, 11) is 0. The van der Waals surface area contributed by atoms with Gasteiger partial charge in [-0.1, -0.05) is 29.8 Å². The van der Waals surface area contributed by atoms with E-state index in [1.807, 2.05) is 65.4 Å². The Labute approximate surface area is 150 Å². The van der Waals surface area contributed by atoms with Gasteiger partial charge in [-0.2, -0.15) is 9.61 Å². The molecule has 0 radical (unpaired) electrons. The van der Waals surface area contributed by atoms with E-state index in [2.05, 4.69) is 20.4 Å². The number of fused-ring (bicyclic) bond motifs is 1. The molecule has 0 bridgehead atoms. The van der Waals surface area contributed by atoms with Crippen molar-refractivity contribution in [2.24, 2.45) is 0 Å². The molecule has 1 N–H and O–H groups in total. The highest BCUT2D eigenvalue weighted by Gasteiger charge is 2.10. The Morgan fingerprint density at radius 3 is 2.64 bits per heavy atom. The first-order valence-electron chi connectivity index (χ1n) is 8.04. The fourth-order valence-corrected chi connectivity index (χ4v) is 2.85. The van der Waals surface area contributed by atoms with E-state index in [9.17, 15) is 0 Å². The zero-order valence-electron chi connectivity index (χ0n) is 13.4. The van der Waals surface area contributed by atoms with Gasteiger partial charge >= 0.3 is 0 Å². The molecule has 0 unspecified atom stereocenters. The number of rotatable bonds is 5. The van der Waals surface area contributed by atoms with Gasteiger partial charge in [0.25, 0.3) is 0 Å². The molecular weight excluding hydrogens is 334 g/mol. The van der Waals surface area contributed by atoms with E-state index in [-0.39, 0.29) is 0 Å². The summed E-state index contributed by atoms with van der Waals surface area (Å²) in [6, 6.07) is 15.6. The number of anilines is 1. The fourth-order valence-electron chi connectivity index (χ4n) is 2.72. The molecule has 5 nitrogen and oxygen atoms in total. The van der Waals surface area contributed by atoms with Crippen LogP contribution in [-0.4, -0.2) is 26.1 Å². The molecule has 1 aromatic carbocycles. The first-order valence-corrected chi connectivity index (χ1v) is 8.41. The monoisotopic (exact) mass is 349 g/mol. The van der Waals surface area contributed by atoms with Crippen molar-refractivity contribution in [3.05, 3.63) is 77.8 Å². The minimum atomic E-state index is 0.713. The summed E-state index contributed by atoms with van der Waals surface area (Å²) >= 11 is 5.97. The van der Waals surface area contributed by atoms with E-state index in [1.165, 1.54) is 0 Å². The Kier molecular flexibility index (Phi) is 4.31. The second-order valence-electron chi connectivity index (χ2n) is 5.63. The second kappa shape index (κ2) is 6.91. The molecule has 0 saturated heterocycles. The number of hydrogen-bond donors (Lipinski definition) is 1. The van der Waals surface area contributed by atoms with Gasteiger partial charge in [0.05, 0.1) is 6.20 Å². The molecule has 4 rings (SSSR count). The summed E-state index contributed by atoms with van der Waals surface area (Å²) in [6.45, 7) is 0.770. The number of nitrogens with zero attached hydrogens (tertiary/aromatic N) is 4. The molecule has 0 fully saturated rings. The van der Waals surface area contributed by atoms with Crippen LogP contribution in [0.15, 0.2) is 67.1 Å². The number of nitrogens with one attached hydrogen (secondary N) is 1. The van der Waals surface area contributed by atoms with Crippen LogP contribution in [0.2, 0.25) is 5.02 Å². The van der Waals surface area contributed by atoms with Crippen molar-refractivity contribution in [2.75, 3.05) is 11.9 Å². The SMILES string of the molecule is Clc1ccc(-c2cnn3c(NCCc4ccccn4)ccnc23)cc1. The molecule has 0 amide bonds. The topological polar surface area (TPSA) is 55.1 Å². The Morgan fingerprint density at radius 2 is 1.84 bits per heavy atom. The van der Waals surface area contributed by atoms with Crippen LogP contribution < -0.4 is 5.32 Å². The lowest BCUT2D eigenvalue weighted by Gasteiger charge is -2.08. The fraction of sp³-hybridized carbons (Fsp3) is 0.105. The third-order valence-corrected chi connectivity index (χ3v) is 4.22. The first-order chi connectivity index (χ1) is 12.3. The van der Waals surface area contributed by atoms with Crippen LogP contribution in [0.3, 0.4) is 0 Å². The van der Waals surface area contributed by atoms with Crippen LogP contribution in [0.1, 0.15) is 5.69 Å². The van der Waals surface area contributed by atoms with E-state index in [0.29, 0.717) is 5.02 Å². The van der Waals surface area contributed by atoms with Crippen molar-refractivity contribution in [3.63, 3.8) is 0 Å². The smallest absolute Gasteiger partial charge is 0.165 e. The molecule has 0 atom stereocenters. The summed E-state index contributed by atoms with van der Waals surface area (Å²) in [5.41, 5.74) is 3.88. The predicted molar refractivity (Wildman–Crippen MR) is 99.9 cm³/mol. The molecule has 0 aliphatic rings. The van der Waals surface area contributed by atoms with Crippen molar-refractivity contribution < 1.29 is 0 Å². The largest absolute Gasteiger partial charge is 0.370 e. The van der Waals surface area contributed by atoms with Crippen molar-refractivity contribution in [2.45, 2.75) is 6.42 Å². The number of pyridine rings is 1. The molecule has 124 valence electrons. The molecule has 4 aromatic rings. The predicted octanol–water partition coefficient (Wildman–Crippen LogP) is 4.10. The second-order valence-corrected chi connectivity index (χ2v) is 6.06. The van der Waals surface area contributed by atoms with Gasteiger partial charge < -0.3 is 5.32 Å². The zero-order chi connectivity index (χ0) is 17.1. The van der Waals surface area contributed by atoms with Gasteiger partial charge in [0, 0.05) is 41.6 Å². The summed E-state index contributed by atoms with van der Waals surface area (Å²) in [5.74, 6) is 0.904. The average molecular weight is 350 g/mol. The van der Waals surface area contributed by atoms with Crippen molar-refractivity contribution in [3.8, 4) is 11.1 Å². The lowest BCUT2D eigenvalue weighted by Crippen LogP contribution is -2.09. The van der Waals surface area contributed by atoms with Crippen molar-refractivity contribution >= 4 is 23.1 Å². The van der Waals surface area contributed by atoms with Crippen molar-refractivity contribution in [1.82, 2.24) is 19.6 Å². The lowest BCUT2D eigenvalue weighted by atomic mass is 10.1. The Balaban J connectivity index is 1.57. The van der Waals surface area contributed by atoms with Gasteiger partial charge in [0.15, 0.2) is 5.65 Å². The third-order valence-electron chi connectivity index (χ3n) is 3.97. The maximum atomic E-state index is 5.97. The Hall–Kier alpha value is -2.92. The highest BCUT2D eigenvalue weighted by molar-refractivity contribution is 6.30. The lowest BCUT2D eigenvalue weighted by molar-refractivity contribution is 0.901. The maximum Gasteiger partial charge on any atom is 0.165 e. The molecule has 0 aliphatic heterocycles. The van der Waals surface area contributed by atoms with Gasteiger partial charge in [0.2, 0.25) is 0 Å². The van der Waals surface area contributed by atoms with Crippen LogP contribution in [0, 0.1) is 0 Å². The van der Waals surface area contributed by atoms with Crippen LogP contribution in [0.25, 0.3) is 16.8 Å². The third kappa shape index (κ3) is 3.32. The molecule has 3 heterocycles. The van der Waals surface area contributed by atoms with Crippen LogP contribution >= 0.6 is 11.6 Å². The van der Waals surface area contributed by atoms with E-state index in [1.54, 1.807) is 6.20 Å². The van der Waals surface area contributed by atoms with Gasteiger partial charge in [-0.25, -0.2) is 4.98 Å². The average Bonchev–Trinajstić information content (AvgIpc) is 3.08. The molecular formula is C19H16ClN5. The zero-order valence-corrected chi connectivity index (χ0v) is 14.2. The summed E-state index contributed by atoms with van der Waals surface area (Å²) in [5, 5.41) is 8.61.